The van der Waals surface area contributed by atoms with Crippen LogP contribution in [-0.2, 0) is 19.7 Å². The van der Waals surface area contributed by atoms with Crippen molar-refractivity contribution in [3.05, 3.63) is 69.1 Å². The summed E-state index contributed by atoms with van der Waals surface area (Å²) in [6.45, 7) is -0.549. The minimum absolute atomic E-state index is 0.0185. The van der Waals surface area contributed by atoms with E-state index in [1.54, 1.807) is 0 Å². The van der Waals surface area contributed by atoms with E-state index in [4.69, 9.17) is 9.92 Å². The van der Waals surface area contributed by atoms with E-state index in [0.717, 1.165) is 18.2 Å². The average molecular weight is 463 g/mol. The largest absolute Gasteiger partial charge is 0.379 e. The first kappa shape index (κ1) is 22.0. The topological polar surface area (TPSA) is 167 Å². The number of nitrogens with zero attached hydrogens (tertiary/aromatic N) is 2. The lowest BCUT2D eigenvalue weighted by Gasteiger charge is -2.09. The number of nitro benzene ring substituents is 1. The van der Waals surface area contributed by atoms with Gasteiger partial charge in [0.2, 0.25) is 5.91 Å². The van der Waals surface area contributed by atoms with Gasteiger partial charge in [-0.25, -0.2) is 0 Å². The molecule has 0 aliphatic carbocycles. The standard InChI is InChI=1S/C18H13N3O8S2/c19-16(22)10-20-17(23)15(30-18(20)24)8-11-3-1-5-13(7-11)29-31(27,28)14-6-2-4-12(9-14)21(25)26/h1-9H,10H2,(H2,19,22)/b15-8-. The van der Waals surface area contributed by atoms with Crippen LogP contribution in [0, 0.1) is 10.1 Å². The highest BCUT2D eigenvalue weighted by molar-refractivity contribution is 8.18. The quantitative estimate of drug-likeness (QED) is 0.279. The highest BCUT2D eigenvalue weighted by Crippen LogP contribution is 2.32. The number of thioether (sulfide) groups is 1. The van der Waals surface area contributed by atoms with Crippen molar-refractivity contribution in [1.82, 2.24) is 4.90 Å². The summed E-state index contributed by atoms with van der Waals surface area (Å²) in [7, 11) is -4.37. The molecule has 1 fully saturated rings. The Morgan fingerprint density at radius 1 is 1.19 bits per heavy atom. The predicted octanol–water partition coefficient (Wildman–Crippen LogP) is 1.88. The summed E-state index contributed by atoms with van der Waals surface area (Å²) in [6.07, 6.45) is 1.33. The number of carbonyl (C=O) groups excluding carboxylic acids is 3. The molecule has 3 rings (SSSR count). The third kappa shape index (κ3) is 5.07. The Balaban J connectivity index is 1.84. The molecule has 2 N–H and O–H groups in total. The molecule has 0 aromatic heterocycles. The molecule has 31 heavy (non-hydrogen) atoms. The van der Waals surface area contributed by atoms with Crippen LogP contribution in [0.3, 0.4) is 0 Å². The maximum absolute atomic E-state index is 12.5. The Morgan fingerprint density at radius 3 is 2.58 bits per heavy atom. The number of nitro groups is 1. The monoisotopic (exact) mass is 463 g/mol. The zero-order valence-corrected chi connectivity index (χ0v) is 17.1. The molecule has 0 radical (unpaired) electrons. The molecule has 2 aromatic carbocycles. The maximum atomic E-state index is 12.5. The first-order valence-corrected chi connectivity index (χ1v) is 10.6. The molecular weight excluding hydrogens is 450 g/mol. The van der Waals surface area contributed by atoms with Crippen LogP contribution in [0.25, 0.3) is 6.08 Å². The van der Waals surface area contributed by atoms with Crippen LogP contribution in [0.2, 0.25) is 0 Å². The van der Waals surface area contributed by atoms with Crippen molar-refractivity contribution in [2.24, 2.45) is 5.73 Å². The Kier molecular flexibility index (Phi) is 6.08. The number of hydrogen-bond donors (Lipinski definition) is 1. The molecule has 13 heteroatoms. The fourth-order valence-corrected chi connectivity index (χ4v) is 4.33. The maximum Gasteiger partial charge on any atom is 0.339 e. The number of primary amides is 1. The minimum atomic E-state index is -4.37. The van der Waals surface area contributed by atoms with Crippen LogP contribution in [0.15, 0.2) is 58.3 Å². The van der Waals surface area contributed by atoms with Gasteiger partial charge in [0.05, 0.1) is 9.83 Å². The molecule has 0 spiro atoms. The molecule has 1 aliphatic rings. The van der Waals surface area contributed by atoms with E-state index >= 15 is 0 Å². The van der Waals surface area contributed by atoms with Gasteiger partial charge in [0.15, 0.2) is 0 Å². The zero-order valence-electron chi connectivity index (χ0n) is 15.5. The molecule has 3 amide bonds. The smallest absolute Gasteiger partial charge is 0.339 e. The fourth-order valence-electron chi connectivity index (χ4n) is 2.53. The number of nitrogens with two attached hydrogens (primary N) is 1. The summed E-state index contributed by atoms with van der Waals surface area (Å²) in [5.41, 5.74) is 4.95. The predicted molar refractivity (Wildman–Crippen MR) is 109 cm³/mol. The van der Waals surface area contributed by atoms with Crippen molar-refractivity contribution < 1.29 is 31.9 Å². The van der Waals surface area contributed by atoms with E-state index in [1.807, 2.05) is 0 Å². The molecule has 1 saturated heterocycles. The van der Waals surface area contributed by atoms with Crippen molar-refractivity contribution >= 4 is 50.7 Å². The number of benzene rings is 2. The molecule has 0 atom stereocenters. The van der Waals surface area contributed by atoms with Gasteiger partial charge in [0.25, 0.3) is 16.8 Å². The van der Waals surface area contributed by atoms with E-state index in [0.29, 0.717) is 22.2 Å². The second kappa shape index (κ2) is 8.57. The second-order valence-electron chi connectivity index (χ2n) is 6.10. The first-order valence-electron chi connectivity index (χ1n) is 8.39. The van der Waals surface area contributed by atoms with Crippen LogP contribution < -0.4 is 9.92 Å². The molecule has 2 aromatic rings. The highest BCUT2D eigenvalue weighted by Gasteiger charge is 2.35. The summed E-state index contributed by atoms with van der Waals surface area (Å²) in [5, 5.41) is 10.2. The van der Waals surface area contributed by atoms with Crippen LogP contribution in [0.1, 0.15) is 5.56 Å². The molecule has 11 nitrogen and oxygen atoms in total. The number of hydrogen-bond acceptors (Lipinski definition) is 9. The molecule has 0 unspecified atom stereocenters. The minimum Gasteiger partial charge on any atom is -0.379 e. The number of imide groups is 1. The summed E-state index contributed by atoms with van der Waals surface area (Å²) >= 11 is 0.607. The van der Waals surface area contributed by atoms with Crippen molar-refractivity contribution in [1.29, 1.82) is 0 Å². The van der Waals surface area contributed by atoms with Gasteiger partial charge in [-0.15, -0.1) is 0 Å². The van der Waals surface area contributed by atoms with Crippen molar-refractivity contribution in [2.75, 3.05) is 6.54 Å². The van der Waals surface area contributed by atoms with Gasteiger partial charge >= 0.3 is 10.1 Å². The average Bonchev–Trinajstić information content (AvgIpc) is 2.95. The fraction of sp³-hybridized carbons (Fsp3) is 0.0556. The van der Waals surface area contributed by atoms with Crippen LogP contribution in [-0.4, -0.2) is 41.8 Å². The van der Waals surface area contributed by atoms with E-state index in [-0.39, 0.29) is 10.7 Å². The SMILES string of the molecule is NC(=O)CN1C(=O)S/C(=C\c2cccc(OS(=O)(=O)c3cccc([N+](=O)[O-])c3)c2)C1=O. The van der Waals surface area contributed by atoms with Gasteiger partial charge in [-0.1, -0.05) is 18.2 Å². The Hall–Kier alpha value is -3.71. The zero-order chi connectivity index (χ0) is 22.8. The third-order valence-corrected chi connectivity index (χ3v) is 6.02. The second-order valence-corrected chi connectivity index (χ2v) is 8.64. The highest BCUT2D eigenvalue weighted by atomic mass is 32.2. The number of rotatable bonds is 7. The van der Waals surface area contributed by atoms with Gasteiger partial charge in [0.1, 0.15) is 17.2 Å². The summed E-state index contributed by atoms with van der Waals surface area (Å²) in [4.78, 5) is 45.6. The van der Waals surface area contributed by atoms with Gasteiger partial charge in [-0.3, -0.25) is 29.4 Å². The van der Waals surface area contributed by atoms with Crippen LogP contribution in [0.5, 0.6) is 5.75 Å². The number of carbonyl (C=O) groups is 3. The van der Waals surface area contributed by atoms with E-state index in [2.05, 4.69) is 0 Å². The Bertz CT molecular complexity index is 1240. The lowest BCUT2D eigenvalue weighted by atomic mass is 10.2. The lowest BCUT2D eigenvalue weighted by Crippen LogP contribution is -2.36. The van der Waals surface area contributed by atoms with Crippen LogP contribution >= 0.6 is 11.8 Å². The molecule has 160 valence electrons. The number of amides is 3. The van der Waals surface area contributed by atoms with Gasteiger partial charge in [-0.2, -0.15) is 8.42 Å². The Labute approximate surface area is 179 Å². The summed E-state index contributed by atoms with van der Waals surface area (Å²) < 4.78 is 30.0. The lowest BCUT2D eigenvalue weighted by molar-refractivity contribution is -0.385. The molecule has 1 heterocycles. The summed E-state index contributed by atoms with van der Waals surface area (Å²) in [6, 6.07) is 10.0. The molecule has 0 saturated carbocycles. The van der Waals surface area contributed by atoms with E-state index < -0.39 is 49.2 Å². The van der Waals surface area contributed by atoms with Crippen molar-refractivity contribution in [3.8, 4) is 5.75 Å². The molecular formula is C18H13N3O8S2. The third-order valence-electron chi connectivity index (χ3n) is 3.87. The van der Waals surface area contributed by atoms with E-state index in [1.165, 1.54) is 36.4 Å². The van der Waals surface area contributed by atoms with Crippen molar-refractivity contribution in [2.45, 2.75) is 4.90 Å². The molecule has 1 aliphatic heterocycles. The summed E-state index contributed by atoms with van der Waals surface area (Å²) in [5.74, 6) is -1.66. The normalized spacial score (nSPS) is 15.4. The van der Waals surface area contributed by atoms with E-state index in [9.17, 15) is 32.9 Å². The number of non-ortho nitro benzene ring substituents is 1. The van der Waals surface area contributed by atoms with Gasteiger partial charge in [-0.05, 0) is 41.6 Å². The van der Waals surface area contributed by atoms with Crippen LogP contribution in [0.4, 0.5) is 10.5 Å². The van der Waals surface area contributed by atoms with Crippen molar-refractivity contribution in [3.63, 3.8) is 0 Å². The first-order chi connectivity index (χ1) is 14.6. The van der Waals surface area contributed by atoms with Gasteiger partial charge < -0.3 is 9.92 Å². The Morgan fingerprint density at radius 2 is 1.90 bits per heavy atom. The van der Waals surface area contributed by atoms with Gasteiger partial charge in [0, 0.05) is 12.1 Å². The molecule has 0 bridgehead atoms.